The molecule has 0 saturated carbocycles. The summed E-state index contributed by atoms with van der Waals surface area (Å²) in [6, 6.07) is 4.97. The van der Waals surface area contributed by atoms with Gasteiger partial charge in [-0.2, -0.15) is 0 Å². The molecule has 0 amide bonds. The molecule has 1 aliphatic rings. The average Bonchev–Trinajstić information content (AvgIpc) is 2.07. The number of aliphatic hydroxyl groups excluding tert-OH is 1. The van der Waals surface area contributed by atoms with Gasteiger partial charge in [0.15, 0.2) is 0 Å². The third-order valence-corrected chi connectivity index (χ3v) is 2.64. The lowest BCUT2D eigenvalue weighted by Gasteiger charge is -2.36. The lowest BCUT2D eigenvalue weighted by molar-refractivity contribution is -0.0412. The monoisotopic (exact) mass is 194 g/mol. The third kappa shape index (κ3) is 1.44. The zero-order chi connectivity index (χ0) is 10.3. The largest absolute Gasteiger partial charge is 0.508 e. The molecule has 0 spiro atoms. The zero-order valence-corrected chi connectivity index (χ0v) is 8.32. The van der Waals surface area contributed by atoms with Crippen LogP contribution in [0.2, 0.25) is 0 Å². The van der Waals surface area contributed by atoms with Gasteiger partial charge in [-0.15, -0.1) is 0 Å². The van der Waals surface area contributed by atoms with Gasteiger partial charge in [-0.3, -0.25) is 0 Å². The predicted molar refractivity (Wildman–Crippen MR) is 52.5 cm³/mol. The summed E-state index contributed by atoms with van der Waals surface area (Å²) >= 11 is 0. The molecule has 1 atom stereocenters. The van der Waals surface area contributed by atoms with Crippen molar-refractivity contribution in [3.05, 3.63) is 23.8 Å². The maximum atomic E-state index is 9.77. The van der Waals surface area contributed by atoms with E-state index in [9.17, 15) is 10.2 Å². The van der Waals surface area contributed by atoms with E-state index in [1.165, 1.54) is 0 Å². The van der Waals surface area contributed by atoms with Gasteiger partial charge in [0.05, 0.1) is 6.10 Å². The first kappa shape index (κ1) is 9.34. The second-order valence-electron chi connectivity index (χ2n) is 4.22. The Balaban J connectivity index is 2.41. The molecule has 14 heavy (non-hydrogen) atoms. The smallest absolute Gasteiger partial charge is 0.129 e. The molecule has 3 nitrogen and oxygen atoms in total. The van der Waals surface area contributed by atoms with Crippen LogP contribution in [-0.2, 0) is 6.42 Å². The highest BCUT2D eigenvalue weighted by atomic mass is 16.5. The molecule has 0 unspecified atom stereocenters. The molecule has 1 aliphatic heterocycles. The first-order chi connectivity index (χ1) is 6.49. The summed E-state index contributed by atoms with van der Waals surface area (Å²) in [5.41, 5.74) is 0.357. The van der Waals surface area contributed by atoms with Crippen LogP contribution in [0.15, 0.2) is 18.2 Å². The minimum atomic E-state index is -0.583. The van der Waals surface area contributed by atoms with Crippen molar-refractivity contribution >= 4 is 0 Å². The highest BCUT2D eigenvalue weighted by molar-refractivity contribution is 5.42. The van der Waals surface area contributed by atoms with Crippen LogP contribution in [0, 0.1) is 0 Å². The maximum Gasteiger partial charge on any atom is 0.129 e. The quantitative estimate of drug-likeness (QED) is 0.657. The van der Waals surface area contributed by atoms with Crippen molar-refractivity contribution in [1.82, 2.24) is 0 Å². The van der Waals surface area contributed by atoms with Crippen molar-refractivity contribution in [2.75, 3.05) is 0 Å². The Labute approximate surface area is 83.0 Å². The minimum Gasteiger partial charge on any atom is -0.508 e. The molecule has 2 rings (SSSR count). The minimum absolute atomic E-state index is 0.191. The Hall–Kier alpha value is -1.22. The number of aromatic hydroxyl groups is 1. The summed E-state index contributed by atoms with van der Waals surface area (Å²) in [5, 5.41) is 19.0. The van der Waals surface area contributed by atoms with Crippen LogP contribution < -0.4 is 4.74 Å². The summed E-state index contributed by atoms with van der Waals surface area (Å²) in [4.78, 5) is 0. The normalized spacial score (nSPS) is 23.8. The van der Waals surface area contributed by atoms with Crippen molar-refractivity contribution in [2.45, 2.75) is 32.0 Å². The molecule has 0 aromatic heterocycles. The lowest BCUT2D eigenvalue weighted by Crippen LogP contribution is -2.46. The molecule has 0 bridgehead atoms. The number of rotatable bonds is 0. The fourth-order valence-electron chi connectivity index (χ4n) is 1.61. The molecule has 1 aromatic rings. The highest BCUT2D eigenvalue weighted by Crippen LogP contribution is 2.35. The first-order valence-electron chi connectivity index (χ1n) is 4.68. The molecule has 1 aromatic carbocycles. The Kier molecular flexibility index (Phi) is 1.93. The molecule has 1 heterocycles. The molecule has 2 N–H and O–H groups in total. The lowest BCUT2D eigenvalue weighted by atomic mass is 9.91. The molecule has 0 fully saturated rings. The topological polar surface area (TPSA) is 49.7 Å². The number of phenols is 1. The third-order valence-electron chi connectivity index (χ3n) is 2.64. The standard InChI is InChI=1S/C11H14O3/c1-11(2)10(13)5-7-3-4-8(12)6-9(7)14-11/h3-4,6,10,12-13H,5H2,1-2H3/t10-/m0/s1. The molecular formula is C11H14O3. The zero-order valence-electron chi connectivity index (χ0n) is 8.32. The van der Waals surface area contributed by atoms with Gasteiger partial charge in [0.2, 0.25) is 0 Å². The summed E-state index contributed by atoms with van der Waals surface area (Å²) in [5.74, 6) is 0.858. The summed E-state index contributed by atoms with van der Waals surface area (Å²) < 4.78 is 5.60. The van der Waals surface area contributed by atoms with Crippen molar-refractivity contribution in [2.24, 2.45) is 0 Å². The van der Waals surface area contributed by atoms with Crippen LogP contribution >= 0.6 is 0 Å². The molecule has 76 valence electrons. The van der Waals surface area contributed by atoms with Gasteiger partial charge in [-0.25, -0.2) is 0 Å². The molecule has 0 aliphatic carbocycles. The molecule has 0 radical (unpaired) electrons. The van der Waals surface area contributed by atoms with Crippen molar-refractivity contribution in [3.63, 3.8) is 0 Å². The van der Waals surface area contributed by atoms with E-state index < -0.39 is 11.7 Å². The summed E-state index contributed by atoms with van der Waals surface area (Å²) in [7, 11) is 0. The number of ether oxygens (including phenoxy) is 1. The van der Waals surface area contributed by atoms with Gasteiger partial charge in [-0.1, -0.05) is 6.07 Å². The maximum absolute atomic E-state index is 9.77. The van der Waals surface area contributed by atoms with Gasteiger partial charge in [0.1, 0.15) is 17.1 Å². The van der Waals surface area contributed by atoms with Gasteiger partial charge < -0.3 is 14.9 Å². The molecular weight excluding hydrogens is 180 g/mol. The van der Waals surface area contributed by atoms with E-state index in [-0.39, 0.29) is 5.75 Å². The van der Waals surface area contributed by atoms with Crippen LogP contribution in [-0.4, -0.2) is 21.9 Å². The van der Waals surface area contributed by atoms with E-state index in [1.807, 2.05) is 13.8 Å². The molecule has 3 heteroatoms. The number of benzene rings is 1. The number of fused-ring (bicyclic) bond motifs is 1. The van der Waals surface area contributed by atoms with Crippen molar-refractivity contribution in [1.29, 1.82) is 0 Å². The van der Waals surface area contributed by atoms with Crippen LogP contribution in [0.1, 0.15) is 19.4 Å². The van der Waals surface area contributed by atoms with Crippen LogP contribution in [0.25, 0.3) is 0 Å². The number of aliphatic hydroxyl groups is 1. The van der Waals surface area contributed by atoms with Crippen LogP contribution in [0.3, 0.4) is 0 Å². The SMILES string of the molecule is CC1(C)Oc2cc(O)ccc2C[C@@H]1O. The average molecular weight is 194 g/mol. The number of hydrogen-bond donors (Lipinski definition) is 2. The fraction of sp³-hybridized carbons (Fsp3) is 0.455. The van der Waals surface area contributed by atoms with Gasteiger partial charge in [0.25, 0.3) is 0 Å². The van der Waals surface area contributed by atoms with E-state index in [1.54, 1.807) is 18.2 Å². The Morgan fingerprint density at radius 3 is 2.86 bits per heavy atom. The Morgan fingerprint density at radius 1 is 1.43 bits per heavy atom. The van der Waals surface area contributed by atoms with Crippen molar-refractivity contribution < 1.29 is 14.9 Å². The Morgan fingerprint density at radius 2 is 2.14 bits per heavy atom. The number of phenolic OH excluding ortho intramolecular Hbond substituents is 1. The van der Waals surface area contributed by atoms with E-state index >= 15 is 0 Å². The van der Waals surface area contributed by atoms with E-state index in [0.29, 0.717) is 12.2 Å². The number of hydrogen-bond acceptors (Lipinski definition) is 3. The van der Waals surface area contributed by atoms with Crippen LogP contribution in [0.4, 0.5) is 0 Å². The van der Waals surface area contributed by atoms with Crippen molar-refractivity contribution in [3.8, 4) is 11.5 Å². The van der Waals surface area contributed by atoms with E-state index in [0.717, 1.165) is 5.56 Å². The summed E-state index contributed by atoms with van der Waals surface area (Å²) in [6.45, 7) is 3.68. The second kappa shape index (κ2) is 2.89. The van der Waals surface area contributed by atoms with Gasteiger partial charge in [0, 0.05) is 12.5 Å². The van der Waals surface area contributed by atoms with Crippen LogP contribution in [0.5, 0.6) is 11.5 Å². The first-order valence-corrected chi connectivity index (χ1v) is 4.68. The van der Waals surface area contributed by atoms with Gasteiger partial charge >= 0.3 is 0 Å². The fourth-order valence-corrected chi connectivity index (χ4v) is 1.61. The second-order valence-corrected chi connectivity index (χ2v) is 4.22. The predicted octanol–water partition coefficient (Wildman–Crippen LogP) is 1.47. The van der Waals surface area contributed by atoms with Gasteiger partial charge in [-0.05, 0) is 25.5 Å². The van der Waals surface area contributed by atoms with E-state index in [4.69, 9.17) is 4.74 Å². The van der Waals surface area contributed by atoms with E-state index in [2.05, 4.69) is 0 Å². The highest BCUT2D eigenvalue weighted by Gasteiger charge is 2.35. The Bertz CT molecular complexity index is 358. The molecule has 0 saturated heterocycles. The summed E-state index contributed by atoms with van der Waals surface area (Å²) in [6.07, 6.45) is 0.0716.